The Balaban J connectivity index is 2.24. The van der Waals surface area contributed by atoms with Crippen molar-refractivity contribution in [3.8, 4) is 0 Å². The fraction of sp³-hybridized carbons (Fsp3) is 0.625. The molecule has 0 N–H and O–H groups in total. The molecule has 0 bridgehead atoms. The molecule has 0 aromatic carbocycles. The van der Waals surface area contributed by atoms with E-state index in [4.69, 9.17) is 16.3 Å². The van der Waals surface area contributed by atoms with Gasteiger partial charge in [0.2, 0.25) is 5.15 Å². The Morgan fingerprint density at radius 3 is 3.00 bits per heavy atom. The van der Waals surface area contributed by atoms with Gasteiger partial charge in [0.05, 0.1) is 4.92 Å². The summed E-state index contributed by atoms with van der Waals surface area (Å²) < 4.78 is 6.81. The number of hydrogen-bond donors (Lipinski definition) is 0. The van der Waals surface area contributed by atoms with Gasteiger partial charge in [0.15, 0.2) is 6.23 Å². The largest absolute Gasteiger partial charge is 0.356 e. The normalized spacial score (nSPS) is 21.5. The van der Waals surface area contributed by atoms with Crippen molar-refractivity contribution >= 4 is 17.3 Å². The van der Waals surface area contributed by atoms with Gasteiger partial charge < -0.3 is 4.74 Å². The maximum absolute atomic E-state index is 10.5. The van der Waals surface area contributed by atoms with Gasteiger partial charge in [0, 0.05) is 6.61 Å². The van der Waals surface area contributed by atoms with Crippen LogP contribution in [0.4, 0.5) is 5.69 Å². The predicted molar refractivity (Wildman–Crippen MR) is 52.7 cm³/mol. The Morgan fingerprint density at radius 1 is 1.67 bits per heavy atom. The summed E-state index contributed by atoms with van der Waals surface area (Å²) in [6, 6.07) is 0. The number of ether oxygens (including phenoxy) is 1. The summed E-state index contributed by atoms with van der Waals surface area (Å²) in [5.41, 5.74) is -0.175. The molecule has 0 amide bonds. The monoisotopic (exact) mass is 231 g/mol. The van der Waals surface area contributed by atoms with Crippen molar-refractivity contribution in [3.63, 3.8) is 0 Å². The van der Waals surface area contributed by atoms with Gasteiger partial charge in [-0.3, -0.25) is 10.1 Å². The standard InChI is InChI=1S/C8H10ClN3O3/c9-8-6(12(13)14)5-10-11(8)7-3-1-2-4-15-7/h5,7H,1-4H2/t7-/m0/s1. The first-order chi connectivity index (χ1) is 7.20. The second kappa shape index (κ2) is 4.16. The highest BCUT2D eigenvalue weighted by Gasteiger charge is 2.25. The van der Waals surface area contributed by atoms with Crippen LogP contribution in [-0.4, -0.2) is 21.3 Å². The summed E-state index contributed by atoms with van der Waals surface area (Å²) in [5.74, 6) is 0. The average Bonchev–Trinajstić information content (AvgIpc) is 2.61. The van der Waals surface area contributed by atoms with E-state index in [0.717, 1.165) is 25.5 Å². The molecule has 0 unspecified atom stereocenters. The van der Waals surface area contributed by atoms with Crippen LogP contribution < -0.4 is 0 Å². The van der Waals surface area contributed by atoms with Gasteiger partial charge >= 0.3 is 5.69 Å². The van der Waals surface area contributed by atoms with Crippen LogP contribution in [0.1, 0.15) is 25.5 Å². The summed E-state index contributed by atoms with van der Waals surface area (Å²) >= 11 is 5.83. The van der Waals surface area contributed by atoms with Crippen molar-refractivity contribution in [2.45, 2.75) is 25.5 Å². The minimum Gasteiger partial charge on any atom is -0.356 e. The van der Waals surface area contributed by atoms with Crippen LogP contribution in [-0.2, 0) is 4.74 Å². The van der Waals surface area contributed by atoms with E-state index in [1.165, 1.54) is 4.68 Å². The zero-order chi connectivity index (χ0) is 10.8. The van der Waals surface area contributed by atoms with Crippen molar-refractivity contribution in [3.05, 3.63) is 21.5 Å². The molecule has 1 atom stereocenters. The third kappa shape index (κ3) is 1.95. The molecule has 2 heterocycles. The first-order valence-electron chi connectivity index (χ1n) is 4.69. The first kappa shape index (κ1) is 10.4. The van der Waals surface area contributed by atoms with Crippen LogP contribution in [0.15, 0.2) is 6.20 Å². The smallest absolute Gasteiger partial charge is 0.325 e. The van der Waals surface area contributed by atoms with Gasteiger partial charge in [-0.2, -0.15) is 5.10 Å². The summed E-state index contributed by atoms with van der Waals surface area (Å²) in [4.78, 5) is 10.00. The molecule has 1 fully saturated rings. The zero-order valence-electron chi connectivity index (χ0n) is 7.93. The molecular weight excluding hydrogens is 222 g/mol. The van der Waals surface area contributed by atoms with Crippen LogP contribution in [0, 0.1) is 10.1 Å². The Hall–Kier alpha value is -1.14. The lowest BCUT2D eigenvalue weighted by molar-refractivity contribution is -0.384. The van der Waals surface area contributed by atoms with Gasteiger partial charge in [-0.15, -0.1) is 0 Å². The molecular formula is C8H10ClN3O3. The SMILES string of the molecule is O=[N+]([O-])c1cnn([C@@H]2CCCCO2)c1Cl. The predicted octanol–water partition coefficient (Wildman–Crippen LogP) is 2.14. The second-order valence-corrected chi connectivity index (χ2v) is 3.70. The Labute approximate surface area is 90.9 Å². The van der Waals surface area contributed by atoms with Gasteiger partial charge in [-0.05, 0) is 19.3 Å². The van der Waals surface area contributed by atoms with E-state index >= 15 is 0 Å². The fourth-order valence-electron chi connectivity index (χ4n) is 1.58. The molecule has 0 spiro atoms. The van der Waals surface area contributed by atoms with E-state index in [1.807, 2.05) is 0 Å². The summed E-state index contributed by atoms with van der Waals surface area (Å²) in [7, 11) is 0. The van der Waals surface area contributed by atoms with Gasteiger partial charge in [0.1, 0.15) is 6.20 Å². The van der Waals surface area contributed by atoms with Crippen LogP contribution in [0.25, 0.3) is 0 Å². The molecule has 1 aromatic rings. The van der Waals surface area contributed by atoms with Gasteiger partial charge in [-0.1, -0.05) is 11.6 Å². The van der Waals surface area contributed by atoms with Crippen molar-refractivity contribution in [2.24, 2.45) is 0 Å². The van der Waals surface area contributed by atoms with E-state index in [9.17, 15) is 10.1 Å². The highest BCUT2D eigenvalue weighted by molar-refractivity contribution is 6.31. The topological polar surface area (TPSA) is 70.2 Å². The highest BCUT2D eigenvalue weighted by Crippen LogP contribution is 2.30. The van der Waals surface area contributed by atoms with Crippen LogP contribution in [0.2, 0.25) is 5.15 Å². The van der Waals surface area contributed by atoms with Gasteiger partial charge in [-0.25, -0.2) is 4.68 Å². The molecule has 1 aliphatic heterocycles. The van der Waals surface area contributed by atoms with Crippen LogP contribution in [0.3, 0.4) is 0 Å². The molecule has 1 aliphatic rings. The van der Waals surface area contributed by atoms with Crippen molar-refractivity contribution in [1.82, 2.24) is 9.78 Å². The number of aromatic nitrogens is 2. The van der Waals surface area contributed by atoms with Gasteiger partial charge in [0.25, 0.3) is 0 Å². The lowest BCUT2D eigenvalue weighted by atomic mass is 10.2. The molecule has 2 rings (SSSR count). The Kier molecular flexibility index (Phi) is 2.88. The molecule has 82 valence electrons. The minimum atomic E-state index is -0.547. The highest BCUT2D eigenvalue weighted by atomic mass is 35.5. The third-order valence-corrected chi connectivity index (χ3v) is 2.71. The molecule has 0 saturated carbocycles. The lowest BCUT2D eigenvalue weighted by Crippen LogP contribution is -2.19. The fourth-order valence-corrected chi connectivity index (χ4v) is 1.85. The van der Waals surface area contributed by atoms with Crippen molar-refractivity contribution in [1.29, 1.82) is 0 Å². The molecule has 0 radical (unpaired) electrons. The number of hydrogen-bond acceptors (Lipinski definition) is 4. The lowest BCUT2D eigenvalue weighted by Gasteiger charge is -2.22. The molecule has 1 saturated heterocycles. The Bertz CT molecular complexity index is 373. The maximum atomic E-state index is 10.5. The number of rotatable bonds is 2. The second-order valence-electron chi connectivity index (χ2n) is 3.34. The number of halogens is 1. The van der Waals surface area contributed by atoms with Crippen molar-refractivity contribution in [2.75, 3.05) is 6.61 Å². The maximum Gasteiger partial charge on any atom is 0.325 e. The Morgan fingerprint density at radius 2 is 2.47 bits per heavy atom. The number of nitrogens with zero attached hydrogens (tertiary/aromatic N) is 3. The van der Waals surface area contributed by atoms with E-state index in [1.54, 1.807) is 0 Å². The summed E-state index contributed by atoms with van der Waals surface area (Å²) in [6.45, 7) is 0.647. The molecule has 0 aliphatic carbocycles. The number of nitro groups is 1. The summed E-state index contributed by atoms with van der Waals surface area (Å²) in [6.07, 6.45) is 3.71. The van der Waals surface area contributed by atoms with E-state index < -0.39 is 4.92 Å². The van der Waals surface area contributed by atoms with E-state index in [-0.39, 0.29) is 17.1 Å². The minimum absolute atomic E-state index is 0.0342. The molecule has 15 heavy (non-hydrogen) atoms. The molecule has 6 nitrogen and oxygen atoms in total. The average molecular weight is 232 g/mol. The third-order valence-electron chi connectivity index (χ3n) is 2.34. The quantitative estimate of drug-likeness (QED) is 0.578. The molecule has 1 aromatic heterocycles. The van der Waals surface area contributed by atoms with Crippen molar-refractivity contribution < 1.29 is 9.66 Å². The van der Waals surface area contributed by atoms with E-state index in [0.29, 0.717) is 6.61 Å². The summed E-state index contributed by atoms with van der Waals surface area (Å²) in [5, 5.41) is 14.5. The van der Waals surface area contributed by atoms with Crippen LogP contribution in [0.5, 0.6) is 0 Å². The molecule has 7 heteroatoms. The van der Waals surface area contributed by atoms with Crippen LogP contribution >= 0.6 is 11.6 Å². The zero-order valence-corrected chi connectivity index (χ0v) is 8.68. The first-order valence-corrected chi connectivity index (χ1v) is 5.07. The van der Waals surface area contributed by atoms with E-state index in [2.05, 4.69) is 5.10 Å².